The van der Waals surface area contributed by atoms with Crippen molar-refractivity contribution in [3.63, 3.8) is 0 Å². The lowest BCUT2D eigenvalue weighted by Gasteiger charge is -2.30. The largest absolute Gasteiger partial charge is 0.397 e. The monoisotopic (exact) mass is 872 g/mol. The van der Waals surface area contributed by atoms with Gasteiger partial charge in [-0.3, -0.25) is 0 Å². The highest BCUT2D eigenvalue weighted by molar-refractivity contribution is 6.17. The van der Waals surface area contributed by atoms with Crippen molar-refractivity contribution in [2.24, 2.45) is 0 Å². The number of anilines is 2. The molecule has 2 aliphatic rings. The first-order valence-electron chi connectivity index (χ1n) is 23.9. The number of nitrogens with two attached hydrogens (primary N) is 2. The van der Waals surface area contributed by atoms with Crippen LogP contribution < -0.4 is 11.5 Å². The summed E-state index contributed by atoms with van der Waals surface area (Å²) in [6, 6.07) is 70.7. The molecule has 2 heteroatoms. The van der Waals surface area contributed by atoms with Gasteiger partial charge in [0.1, 0.15) is 0 Å². The average Bonchev–Trinajstić information content (AvgIpc) is 3.94. The zero-order chi connectivity index (χ0) is 46.2. The van der Waals surface area contributed by atoms with Crippen LogP contribution in [0.15, 0.2) is 194 Å². The molecular formula is C66H52N2. The number of nitrogen functional groups attached to an aromatic ring is 2. The Kier molecular flexibility index (Phi) is 9.88. The second-order valence-electron chi connectivity index (χ2n) is 18.8. The fourth-order valence-electron chi connectivity index (χ4n) is 11.7. The lowest BCUT2D eigenvalue weighted by Crippen LogP contribution is -2.10. The molecule has 0 aliphatic heterocycles. The Morgan fingerprint density at radius 2 is 0.618 bits per heavy atom. The van der Waals surface area contributed by atoms with Crippen molar-refractivity contribution in [1.29, 1.82) is 0 Å². The van der Waals surface area contributed by atoms with Crippen LogP contribution in [0.4, 0.5) is 11.4 Å². The van der Waals surface area contributed by atoms with E-state index in [9.17, 15) is 0 Å². The summed E-state index contributed by atoms with van der Waals surface area (Å²) in [6.45, 7) is 9.15. The van der Waals surface area contributed by atoms with E-state index in [1.807, 2.05) is 0 Å². The summed E-state index contributed by atoms with van der Waals surface area (Å²) >= 11 is 0. The van der Waals surface area contributed by atoms with E-state index >= 15 is 0 Å². The van der Waals surface area contributed by atoms with E-state index in [1.165, 1.54) is 77.9 Å². The van der Waals surface area contributed by atoms with Gasteiger partial charge in [0.15, 0.2) is 0 Å². The van der Waals surface area contributed by atoms with E-state index in [2.05, 4.69) is 222 Å². The van der Waals surface area contributed by atoms with Crippen LogP contribution in [0.5, 0.6) is 0 Å². The van der Waals surface area contributed by atoms with Crippen LogP contribution in [-0.2, 0) is 12.8 Å². The number of hydrogen-bond acceptors (Lipinski definition) is 2. The molecule has 0 unspecified atom stereocenters. The van der Waals surface area contributed by atoms with Gasteiger partial charge in [0.05, 0.1) is 11.4 Å². The Morgan fingerprint density at radius 3 is 1.10 bits per heavy atom. The van der Waals surface area contributed by atoms with Crippen molar-refractivity contribution >= 4 is 11.4 Å². The maximum absolute atomic E-state index is 8.01. The highest BCUT2D eigenvalue weighted by atomic mass is 14.7. The van der Waals surface area contributed by atoms with Crippen molar-refractivity contribution in [2.45, 2.75) is 40.5 Å². The third kappa shape index (κ3) is 6.39. The molecule has 0 radical (unpaired) electrons. The van der Waals surface area contributed by atoms with Gasteiger partial charge in [-0.15, -0.1) is 0 Å². The third-order valence-electron chi connectivity index (χ3n) is 15.1. The summed E-state index contributed by atoms with van der Waals surface area (Å²) in [4.78, 5) is 0. The summed E-state index contributed by atoms with van der Waals surface area (Å²) in [7, 11) is 0. The molecule has 326 valence electrons. The van der Waals surface area contributed by atoms with Gasteiger partial charge in [-0.2, -0.15) is 0 Å². The maximum Gasteiger partial charge on any atom is 0.0640 e. The topological polar surface area (TPSA) is 52.0 Å². The van der Waals surface area contributed by atoms with E-state index in [0.717, 1.165) is 79.6 Å². The van der Waals surface area contributed by atoms with Crippen LogP contribution in [0.25, 0.3) is 100 Å². The first kappa shape index (κ1) is 41.2. The molecule has 10 aromatic carbocycles. The number of fused-ring (bicyclic) bond motifs is 6. The number of hydrogen-bond donors (Lipinski definition) is 2. The molecule has 0 atom stereocenters. The highest BCUT2D eigenvalue weighted by Crippen LogP contribution is 2.60. The summed E-state index contributed by atoms with van der Waals surface area (Å²) in [6.07, 6.45) is 1.63. The summed E-state index contributed by atoms with van der Waals surface area (Å²) in [5.41, 5.74) is 48.2. The molecule has 0 saturated heterocycles. The SMILES string of the molecule is Cc1cc2c(c(-c3c(N)c(N)c(-c4ccccc4-c4ccccc4-c4ccccc4)c(-c4ccccc4-c4ccccc4)c3-c3c(C)c(C)cc4c3Cc3ccccc3-4)c1C)Cc1ccccc1-2. The predicted octanol–water partition coefficient (Wildman–Crippen LogP) is 16.9. The van der Waals surface area contributed by atoms with Gasteiger partial charge in [-0.25, -0.2) is 0 Å². The van der Waals surface area contributed by atoms with Crippen LogP contribution in [0, 0.1) is 27.7 Å². The smallest absolute Gasteiger partial charge is 0.0640 e. The van der Waals surface area contributed by atoms with Gasteiger partial charge < -0.3 is 11.5 Å². The minimum atomic E-state index is 0.585. The van der Waals surface area contributed by atoms with Crippen molar-refractivity contribution in [3.8, 4) is 100 Å². The zero-order valence-electron chi connectivity index (χ0n) is 39.0. The van der Waals surface area contributed by atoms with E-state index in [1.54, 1.807) is 0 Å². The van der Waals surface area contributed by atoms with Crippen molar-refractivity contribution in [3.05, 3.63) is 239 Å². The second-order valence-corrected chi connectivity index (χ2v) is 18.8. The van der Waals surface area contributed by atoms with E-state index in [-0.39, 0.29) is 0 Å². The molecule has 2 nitrogen and oxygen atoms in total. The van der Waals surface area contributed by atoms with E-state index in [0.29, 0.717) is 11.4 Å². The molecule has 0 saturated carbocycles. The molecule has 68 heavy (non-hydrogen) atoms. The van der Waals surface area contributed by atoms with Gasteiger partial charge in [-0.05, 0) is 163 Å². The molecule has 0 heterocycles. The summed E-state index contributed by atoms with van der Waals surface area (Å²) in [5, 5.41) is 0. The Bertz CT molecular complexity index is 3670. The van der Waals surface area contributed by atoms with Crippen molar-refractivity contribution in [1.82, 2.24) is 0 Å². The van der Waals surface area contributed by atoms with Crippen LogP contribution >= 0.6 is 0 Å². The Labute approximate surface area is 400 Å². The van der Waals surface area contributed by atoms with Crippen molar-refractivity contribution < 1.29 is 0 Å². The summed E-state index contributed by atoms with van der Waals surface area (Å²) < 4.78 is 0. The number of aryl methyl sites for hydroxylation is 2. The molecule has 0 bridgehead atoms. The van der Waals surface area contributed by atoms with Gasteiger partial charge in [0.2, 0.25) is 0 Å². The summed E-state index contributed by atoms with van der Waals surface area (Å²) in [5.74, 6) is 0. The molecule has 10 aromatic rings. The highest BCUT2D eigenvalue weighted by Gasteiger charge is 2.35. The molecule has 0 spiro atoms. The molecule has 0 aromatic heterocycles. The number of rotatable bonds is 7. The maximum atomic E-state index is 8.01. The fourth-order valence-corrected chi connectivity index (χ4v) is 11.7. The molecule has 2 aliphatic carbocycles. The third-order valence-corrected chi connectivity index (χ3v) is 15.1. The second kappa shape index (κ2) is 16.3. The lowest BCUT2D eigenvalue weighted by atomic mass is 9.73. The molecular weight excluding hydrogens is 821 g/mol. The minimum Gasteiger partial charge on any atom is -0.397 e. The van der Waals surface area contributed by atoms with Crippen LogP contribution in [0.2, 0.25) is 0 Å². The lowest BCUT2D eigenvalue weighted by molar-refractivity contribution is 1.22. The van der Waals surface area contributed by atoms with Crippen molar-refractivity contribution in [2.75, 3.05) is 11.5 Å². The first-order chi connectivity index (χ1) is 33.3. The van der Waals surface area contributed by atoms with Crippen LogP contribution in [0.1, 0.15) is 44.5 Å². The van der Waals surface area contributed by atoms with Gasteiger partial charge in [0, 0.05) is 22.3 Å². The fraction of sp³-hybridized carbons (Fsp3) is 0.0909. The first-order valence-corrected chi connectivity index (χ1v) is 23.9. The predicted molar refractivity (Wildman–Crippen MR) is 289 cm³/mol. The van der Waals surface area contributed by atoms with Crippen LogP contribution in [0.3, 0.4) is 0 Å². The zero-order valence-corrected chi connectivity index (χ0v) is 39.0. The normalized spacial score (nSPS) is 12.1. The van der Waals surface area contributed by atoms with Gasteiger partial charge in [0.25, 0.3) is 0 Å². The standard InChI is InChI=1S/C66H52N2/c1-39-35-55-49-29-13-11-25-45(49)37-57(55)59(41(39)3)63-61(53-33-19-16-28-48(53)44-23-9-6-10-24-44)62(54-34-20-18-32-52(54)51-31-17-15-27-47(51)43-21-7-5-8-22-43)65(67)66(68)64(63)60-42(4)40(2)36-56-50-30-14-12-26-46(50)38-58(56)60/h5-36H,37-38,67-68H2,1-4H3. The minimum absolute atomic E-state index is 0.585. The number of benzene rings is 10. The Hall–Kier alpha value is -8.20. The average molecular weight is 873 g/mol. The Morgan fingerprint density at radius 1 is 0.279 bits per heavy atom. The van der Waals surface area contributed by atoms with Crippen LogP contribution in [-0.4, -0.2) is 0 Å². The van der Waals surface area contributed by atoms with Gasteiger partial charge >= 0.3 is 0 Å². The van der Waals surface area contributed by atoms with Gasteiger partial charge in [-0.1, -0.05) is 194 Å². The molecule has 0 fully saturated rings. The molecule has 4 N–H and O–H groups in total. The quantitative estimate of drug-likeness (QED) is 0.157. The van der Waals surface area contributed by atoms with E-state index in [4.69, 9.17) is 11.5 Å². The molecule has 0 amide bonds. The molecule has 12 rings (SSSR count). The Balaban J connectivity index is 1.31. The van der Waals surface area contributed by atoms with E-state index < -0.39 is 0 Å².